The Bertz CT molecular complexity index is 670. The third-order valence-electron chi connectivity index (χ3n) is 2.98. The fraction of sp³-hybridized carbons (Fsp3) is 0.286. The van der Waals surface area contributed by atoms with Gasteiger partial charge in [-0.25, -0.2) is 8.78 Å². The molecule has 1 heterocycles. The minimum absolute atomic E-state index is 0.103. The van der Waals surface area contributed by atoms with Crippen molar-refractivity contribution in [1.82, 2.24) is 9.78 Å². The van der Waals surface area contributed by atoms with Crippen LogP contribution in [0.1, 0.15) is 23.4 Å². The highest BCUT2D eigenvalue weighted by Gasteiger charge is 2.15. The number of carbonyl (C=O) groups is 1. The molecular formula is C14H14BrF2N3O. The molecule has 1 N–H and O–H groups in total. The number of benzene rings is 1. The summed E-state index contributed by atoms with van der Waals surface area (Å²) in [6, 6.07) is 6.75. The van der Waals surface area contributed by atoms with Crippen LogP contribution in [0, 0.1) is 13.8 Å². The van der Waals surface area contributed by atoms with Crippen molar-refractivity contribution in [3.05, 3.63) is 45.7 Å². The highest BCUT2D eigenvalue weighted by atomic mass is 79.9. The first-order valence-electron chi connectivity index (χ1n) is 6.25. The predicted molar refractivity (Wildman–Crippen MR) is 79.4 cm³/mol. The van der Waals surface area contributed by atoms with Gasteiger partial charge in [-0.3, -0.25) is 9.48 Å². The fourth-order valence-corrected chi connectivity index (χ4v) is 2.37. The summed E-state index contributed by atoms with van der Waals surface area (Å²) in [6.07, 6.45) is -2.64. The first-order chi connectivity index (χ1) is 9.86. The number of anilines is 1. The van der Waals surface area contributed by atoms with Crippen LogP contribution in [-0.2, 0) is 11.3 Å². The standard InChI is InChI=1S/C14H14BrF2N3O/c1-8-5-10(15)3-4-11(8)18-13(21)7-20-9(2)6-12(19-20)14(16)17/h3-6,14H,7H2,1-2H3,(H,18,21). The Morgan fingerprint density at radius 3 is 2.67 bits per heavy atom. The molecule has 112 valence electrons. The number of hydrogen-bond acceptors (Lipinski definition) is 2. The number of nitrogens with zero attached hydrogens (tertiary/aromatic N) is 2. The Morgan fingerprint density at radius 2 is 2.10 bits per heavy atom. The van der Waals surface area contributed by atoms with Crippen molar-refractivity contribution < 1.29 is 13.6 Å². The van der Waals surface area contributed by atoms with Crippen molar-refractivity contribution in [3.63, 3.8) is 0 Å². The predicted octanol–water partition coefficient (Wildman–Crippen LogP) is 3.84. The summed E-state index contributed by atoms with van der Waals surface area (Å²) in [5.41, 5.74) is 1.79. The molecule has 21 heavy (non-hydrogen) atoms. The monoisotopic (exact) mass is 357 g/mol. The number of nitrogens with one attached hydrogen (secondary N) is 1. The van der Waals surface area contributed by atoms with Gasteiger partial charge in [0.15, 0.2) is 0 Å². The molecule has 0 saturated heterocycles. The molecule has 0 aliphatic rings. The molecule has 2 rings (SSSR count). The Balaban J connectivity index is 2.08. The lowest BCUT2D eigenvalue weighted by atomic mass is 10.2. The molecule has 0 fully saturated rings. The van der Waals surface area contributed by atoms with Crippen molar-refractivity contribution in [2.45, 2.75) is 26.8 Å². The number of carbonyl (C=O) groups excluding carboxylic acids is 1. The van der Waals surface area contributed by atoms with E-state index in [9.17, 15) is 13.6 Å². The smallest absolute Gasteiger partial charge is 0.282 e. The number of rotatable bonds is 4. The van der Waals surface area contributed by atoms with Crippen LogP contribution in [0.5, 0.6) is 0 Å². The average Bonchev–Trinajstić information content (AvgIpc) is 2.75. The number of halogens is 3. The molecule has 7 heteroatoms. The summed E-state index contributed by atoms with van der Waals surface area (Å²) in [4.78, 5) is 12.0. The van der Waals surface area contributed by atoms with Gasteiger partial charge >= 0.3 is 0 Å². The SMILES string of the molecule is Cc1cc(Br)ccc1NC(=O)Cn1nc(C(F)F)cc1C. The van der Waals surface area contributed by atoms with Crippen LogP contribution >= 0.6 is 15.9 Å². The number of hydrogen-bond donors (Lipinski definition) is 1. The van der Waals surface area contributed by atoms with Crippen LogP contribution in [-0.4, -0.2) is 15.7 Å². The summed E-state index contributed by atoms with van der Waals surface area (Å²) in [5, 5.41) is 6.47. The number of aryl methyl sites for hydroxylation is 2. The average molecular weight is 358 g/mol. The normalized spacial score (nSPS) is 11.0. The highest BCUT2D eigenvalue weighted by Crippen LogP contribution is 2.20. The first-order valence-corrected chi connectivity index (χ1v) is 7.04. The maximum absolute atomic E-state index is 12.6. The molecule has 1 aromatic heterocycles. The Morgan fingerprint density at radius 1 is 1.38 bits per heavy atom. The van der Waals surface area contributed by atoms with Gasteiger partial charge in [-0.1, -0.05) is 15.9 Å². The summed E-state index contributed by atoms with van der Waals surface area (Å²) in [7, 11) is 0. The van der Waals surface area contributed by atoms with E-state index < -0.39 is 6.43 Å². The lowest BCUT2D eigenvalue weighted by molar-refractivity contribution is -0.117. The molecule has 0 atom stereocenters. The van der Waals surface area contributed by atoms with Crippen molar-refractivity contribution in [1.29, 1.82) is 0 Å². The molecule has 1 aromatic carbocycles. The molecule has 1 amide bonds. The maximum atomic E-state index is 12.6. The zero-order chi connectivity index (χ0) is 15.6. The second-order valence-corrected chi connectivity index (χ2v) is 5.59. The van der Waals surface area contributed by atoms with Gasteiger partial charge in [0.2, 0.25) is 5.91 Å². The summed E-state index contributed by atoms with van der Waals surface area (Å²) >= 11 is 3.34. The number of aromatic nitrogens is 2. The van der Waals surface area contributed by atoms with E-state index in [2.05, 4.69) is 26.3 Å². The maximum Gasteiger partial charge on any atom is 0.282 e. The van der Waals surface area contributed by atoms with E-state index in [1.54, 1.807) is 13.0 Å². The zero-order valence-corrected chi connectivity index (χ0v) is 13.1. The lowest BCUT2D eigenvalue weighted by Crippen LogP contribution is -2.20. The van der Waals surface area contributed by atoms with Gasteiger partial charge in [0.1, 0.15) is 12.2 Å². The van der Waals surface area contributed by atoms with Crippen molar-refractivity contribution in [2.75, 3.05) is 5.32 Å². The molecular weight excluding hydrogens is 344 g/mol. The minimum Gasteiger partial charge on any atom is -0.324 e. The van der Waals surface area contributed by atoms with Gasteiger partial charge in [-0.2, -0.15) is 5.10 Å². The van der Waals surface area contributed by atoms with Crippen molar-refractivity contribution in [2.24, 2.45) is 0 Å². The van der Waals surface area contributed by atoms with Crippen molar-refractivity contribution >= 4 is 27.5 Å². The Kier molecular flexibility index (Phi) is 4.72. The Hall–Kier alpha value is -1.76. The molecule has 0 spiro atoms. The fourth-order valence-electron chi connectivity index (χ4n) is 1.90. The lowest BCUT2D eigenvalue weighted by Gasteiger charge is -2.09. The van der Waals surface area contributed by atoms with Gasteiger partial charge in [0.05, 0.1) is 0 Å². The van der Waals surface area contributed by atoms with Crippen LogP contribution in [0.2, 0.25) is 0 Å². The van der Waals surface area contributed by atoms with E-state index in [1.165, 1.54) is 10.7 Å². The third-order valence-corrected chi connectivity index (χ3v) is 3.47. The van der Waals surface area contributed by atoms with Gasteiger partial charge in [0, 0.05) is 15.9 Å². The topological polar surface area (TPSA) is 46.9 Å². The minimum atomic E-state index is -2.64. The quantitative estimate of drug-likeness (QED) is 0.903. The van der Waals surface area contributed by atoms with E-state index >= 15 is 0 Å². The molecule has 2 aromatic rings. The number of amides is 1. The van der Waals surface area contributed by atoms with Gasteiger partial charge < -0.3 is 5.32 Å². The molecule has 0 unspecified atom stereocenters. The van der Waals surface area contributed by atoms with E-state index in [0.717, 1.165) is 10.0 Å². The van der Waals surface area contributed by atoms with E-state index in [1.807, 2.05) is 19.1 Å². The van der Waals surface area contributed by atoms with E-state index in [-0.39, 0.29) is 18.1 Å². The summed E-state index contributed by atoms with van der Waals surface area (Å²) < 4.78 is 27.3. The van der Waals surface area contributed by atoms with Crippen molar-refractivity contribution in [3.8, 4) is 0 Å². The van der Waals surface area contributed by atoms with Gasteiger partial charge in [-0.05, 0) is 43.7 Å². The molecule has 0 aliphatic carbocycles. The van der Waals surface area contributed by atoms with Crippen LogP contribution in [0.3, 0.4) is 0 Å². The second kappa shape index (κ2) is 6.34. The third kappa shape index (κ3) is 3.87. The molecule has 0 saturated carbocycles. The Labute approximate surface area is 129 Å². The van der Waals surface area contributed by atoms with Crippen LogP contribution in [0.15, 0.2) is 28.7 Å². The molecule has 0 bridgehead atoms. The second-order valence-electron chi connectivity index (χ2n) is 4.68. The van der Waals surface area contributed by atoms with Crippen LogP contribution in [0.25, 0.3) is 0 Å². The summed E-state index contributed by atoms with van der Waals surface area (Å²) in [6.45, 7) is 3.40. The van der Waals surface area contributed by atoms with Crippen LogP contribution in [0.4, 0.5) is 14.5 Å². The van der Waals surface area contributed by atoms with E-state index in [0.29, 0.717) is 11.4 Å². The molecule has 0 aliphatic heterocycles. The summed E-state index contributed by atoms with van der Waals surface area (Å²) in [5.74, 6) is -0.313. The highest BCUT2D eigenvalue weighted by molar-refractivity contribution is 9.10. The van der Waals surface area contributed by atoms with Crippen LogP contribution < -0.4 is 5.32 Å². The van der Waals surface area contributed by atoms with Gasteiger partial charge in [-0.15, -0.1) is 0 Å². The van der Waals surface area contributed by atoms with E-state index in [4.69, 9.17) is 0 Å². The first kappa shape index (κ1) is 15.6. The number of alkyl halides is 2. The van der Waals surface area contributed by atoms with Gasteiger partial charge in [0.25, 0.3) is 6.43 Å². The molecule has 4 nitrogen and oxygen atoms in total. The molecule has 0 radical (unpaired) electrons. The largest absolute Gasteiger partial charge is 0.324 e. The zero-order valence-electron chi connectivity index (χ0n) is 11.5.